The first kappa shape index (κ1) is 12.5. The Morgan fingerprint density at radius 3 is 2.89 bits per heavy atom. The predicted octanol–water partition coefficient (Wildman–Crippen LogP) is 0.497. The highest BCUT2D eigenvalue weighted by molar-refractivity contribution is 5.91. The normalized spacial score (nSPS) is 25.1. The molecule has 0 unspecified atom stereocenters. The van der Waals surface area contributed by atoms with Crippen LogP contribution < -0.4 is 0 Å². The van der Waals surface area contributed by atoms with E-state index < -0.39 is 0 Å². The number of carbonyl (C=O) groups is 1. The van der Waals surface area contributed by atoms with Gasteiger partial charge in [0.05, 0.1) is 19.2 Å². The Bertz CT molecular complexity index is 459. The molecule has 0 aromatic carbocycles. The minimum absolute atomic E-state index is 0.130. The highest BCUT2D eigenvalue weighted by atomic mass is 16.5. The lowest BCUT2D eigenvalue weighted by atomic mass is 9.84. The second-order valence-electron chi connectivity index (χ2n) is 5.12. The molecule has 102 valence electrons. The maximum absolute atomic E-state index is 12.1. The molecule has 0 saturated carbocycles. The molecule has 1 aromatic rings. The summed E-state index contributed by atoms with van der Waals surface area (Å²) in [7, 11) is 1.73. The Hall–Kier alpha value is -1.53. The van der Waals surface area contributed by atoms with Crippen molar-refractivity contribution in [3.8, 4) is 0 Å². The number of nitrogens with zero attached hydrogens (tertiary/aromatic N) is 3. The molecule has 0 aliphatic carbocycles. The zero-order valence-electron chi connectivity index (χ0n) is 10.9. The topological polar surface area (TPSA) is 64.6 Å². The van der Waals surface area contributed by atoms with Gasteiger partial charge in [0.25, 0.3) is 5.91 Å². The molecule has 6 nitrogen and oxygen atoms in total. The molecule has 0 bridgehead atoms. The summed E-state index contributed by atoms with van der Waals surface area (Å²) in [5, 5.41) is 0. The lowest BCUT2D eigenvalue weighted by Gasteiger charge is -2.52. The number of carbonyl (C=O) groups excluding carboxylic acids is 1. The molecule has 1 spiro atoms. The van der Waals surface area contributed by atoms with E-state index in [1.54, 1.807) is 30.5 Å². The molecule has 2 aliphatic heterocycles. The number of hydrogen-bond donors (Lipinski definition) is 0. The monoisotopic (exact) mass is 263 g/mol. The average molecular weight is 263 g/mol. The van der Waals surface area contributed by atoms with Crippen molar-refractivity contribution in [2.45, 2.75) is 24.5 Å². The Morgan fingerprint density at radius 1 is 1.47 bits per heavy atom. The van der Waals surface area contributed by atoms with Crippen LogP contribution in [0.3, 0.4) is 0 Å². The molecule has 1 amide bonds. The number of amides is 1. The zero-order chi connectivity index (χ0) is 13.3. The third kappa shape index (κ3) is 2.33. The quantitative estimate of drug-likeness (QED) is 0.777. The van der Waals surface area contributed by atoms with Crippen molar-refractivity contribution in [3.63, 3.8) is 0 Å². The third-order valence-electron chi connectivity index (χ3n) is 3.78. The summed E-state index contributed by atoms with van der Waals surface area (Å²) in [4.78, 5) is 21.8. The number of likely N-dealkylation sites (tertiary alicyclic amines) is 1. The first-order chi connectivity index (χ1) is 9.22. The van der Waals surface area contributed by atoms with Crippen LogP contribution in [0.2, 0.25) is 0 Å². The minimum Gasteiger partial charge on any atom is -0.381 e. The van der Waals surface area contributed by atoms with Crippen molar-refractivity contribution in [2.75, 3.05) is 26.8 Å². The number of methoxy groups -OCH3 is 1. The van der Waals surface area contributed by atoms with E-state index in [1.165, 1.54) is 0 Å². The van der Waals surface area contributed by atoms with Crippen molar-refractivity contribution < 1.29 is 14.3 Å². The Labute approximate surface area is 111 Å². The summed E-state index contributed by atoms with van der Waals surface area (Å²) in [6.07, 6.45) is 5.16. The molecule has 6 heteroatoms. The largest absolute Gasteiger partial charge is 0.381 e. The minimum atomic E-state index is -0.219. The van der Waals surface area contributed by atoms with Crippen molar-refractivity contribution in [1.29, 1.82) is 0 Å². The van der Waals surface area contributed by atoms with Gasteiger partial charge in [-0.25, -0.2) is 9.97 Å². The van der Waals surface area contributed by atoms with Gasteiger partial charge in [-0.2, -0.15) is 0 Å². The van der Waals surface area contributed by atoms with E-state index in [2.05, 4.69) is 9.97 Å². The van der Waals surface area contributed by atoms with Crippen LogP contribution in [0.1, 0.15) is 23.5 Å². The van der Waals surface area contributed by atoms with E-state index in [-0.39, 0.29) is 23.4 Å². The fourth-order valence-electron chi connectivity index (χ4n) is 2.75. The third-order valence-corrected chi connectivity index (χ3v) is 3.78. The first-order valence-corrected chi connectivity index (χ1v) is 6.45. The zero-order valence-corrected chi connectivity index (χ0v) is 10.9. The summed E-state index contributed by atoms with van der Waals surface area (Å²) in [5.41, 5.74) is -0.219. The fourth-order valence-corrected chi connectivity index (χ4v) is 2.75. The second kappa shape index (κ2) is 4.86. The summed E-state index contributed by atoms with van der Waals surface area (Å²) in [6, 6.07) is 1.70. The van der Waals surface area contributed by atoms with Crippen LogP contribution in [-0.4, -0.2) is 59.3 Å². The molecule has 3 rings (SSSR count). The lowest BCUT2D eigenvalue weighted by molar-refractivity contribution is -0.182. The van der Waals surface area contributed by atoms with Gasteiger partial charge in [0.2, 0.25) is 5.82 Å². The van der Waals surface area contributed by atoms with E-state index >= 15 is 0 Å². The van der Waals surface area contributed by atoms with Gasteiger partial charge in [-0.1, -0.05) is 0 Å². The number of rotatable bonds is 2. The number of ether oxygens (including phenoxy) is 2. The van der Waals surface area contributed by atoms with Crippen molar-refractivity contribution in [3.05, 3.63) is 24.3 Å². The van der Waals surface area contributed by atoms with Crippen LogP contribution in [0.5, 0.6) is 0 Å². The predicted molar refractivity (Wildman–Crippen MR) is 66.6 cm³/mol. The van der Waals surface area contributed by atoms with Crippen LogP contribution in [-0.2, 0) is 9.47 Å². The van der Waals surface area contributed by atoms with Gasteiger partial charge in [-0.05, 0) is 12.5 Å². The Kier molecular flexibility index (Phi) is 3.20. The van der Waals surface area contributed by atoms with E-state index in [0.29, 0.717) is 19.7 Å². The molecule has 0 radical (unpaired) electrons. The molecule has 2 aliphatic rings. The van der Waals surface area contributed by atoms with Crippen molar-refractivity contribution in [2.24, 2.45) is 0 Å². The van der Waals surface area contributed by atoms with E-state index in [1.807, 2.05) is 0 Å². The Morgan fingerprint density at radius 2 is 2.21 bits per heavy atom. The van der Waals surface area contributed by atoms with E-state index in [0.717, 1.165) is 12.8 Å². The molecule has 2 fully saturated rings. The van der Waals surface area contributed by atoms with Gasteiger partial charge in [-0.15, -0.1) is 0 Å². The molecular weight excluding hydrogens is 246 g/mol. The van der Waals surface area contributed by atoms with E-state index in [9.17, 15) is 4.79 Å². The molecule has 3 heterocycles. The van der Waals surface area contributed by atoms with Gasteiger partial charge in [0.15, 0.2) is 0 Å². The summed E-state index contributed by atoms with van der Waals surface area (Å²) < 4.78 is 11.2. The van der Waals surface area contributed by atoms with Crippen LogP contribution in [0, 0.1) is 0 Å². The molecule has 1 atom stereocenters. The van der Waals surface area contributed by atoms with Gasteiger partial charge >= 0.3 is 0 Å². The van der Waals surface area contributed by atoms with Crippen molar-refractivity contribution in [1.82, 2.24) is 14.9 Å². The lowest BCUT2D eigenvalue weighted by Crippen LogP contribution is -2.67. The SMILES string of the molecule is CO[C@H]1CCOC2(C1)CN(C(=O)c1ncccn1)C2. The van der Waals surface area contributed by atoms with E-state index in [4.69, 9.17) is 9.47 Å². The van der Waals surface area contributed by atoms with Crippen LogP contribution in [0.25, 0.3) is 0 Å². The highest BCUT2D eigenvalue weighted by Crippen LogP contribution is 2.35. The molecule has 19 heavy (non-hydrogen) atoms. The smallest absolute Gasteiger partial charge is 0.291 e. The number of hydrogen-bond acceptors (Lipinski definition) is 5. The molecular formula is C13H17N3O3. The Balaban J connectivity index is 1.62. The first-order valence-electron chi connectivity index (χ1n) is 6.45. The van der Waals surface area contributed by atoms with Gasteiger partial charge in [0.1, 0.15) is 5.60 Å². The highest BCUT2D eigenvalue weighted by Gasteiger charge is 2.49. The summed E-state index contributed by atoms with van der Waals surface area (Å²) >= 11 is 0. The second-order valence-corrected chi connectivity index (χ2v) is 5.12. The maximum atomic E-state index is 12.1. The molecule has 2 saturated heterocycles. The van der Waals surface area contributed by atoms with Gasteiger partial charge in [-0.3, -0.25) is 4.79 Å². The number of aromatic nitrogens is 2. The molecule has 0 N–H and O–H groups in total. The van der Waals surface area contributed by atoms with Gasteiger partial charge < -0.3 is 14.4 Å². The van der Waals surface area contributed by atoms with Crippen LogP contribution >= 0.6 is 0 Å². The summed E-state index contributed by atoms with van der Waals surface area (Å²) in [5.74, 6) is 0.116. The van der Waals surface area contributed by atoms with Crippen LogP contribution in [0.15, 0.2) is 18.5 Å². The fraction of sp³-hybridized carbons (Fsp3) is 0.615. The standard InChI is InChI=1S/C13H17N3O3/c1-18-10-3-6-19-13(7-10)8-16(9-13)12(17)11-14-4-2-5-15-11/h2,4-5,10H,3,6-9H2,1H3/t10-/m0/s1. The maximum Gasteiger partial charge on any atom is 0.291 e. The van der Waals surface area contributed by atoms with Crippen LogP contribution in [0.4, 0.5) is 0 Å². The average Bonchev–Trinajstić information content (AvgIpc) is 2.45. The van der Waals surface area contributed by atoms with Gasteiger partial charge in [0, 0.05) is 32.5 Å². The summed E-state index contributed by atoms with van der Waals surface area (Å²) in [6.45, 7) is 1.90. The molecule has 1 aromatic heterocycles. The van der Waals surface area contributed by atoms with Crippen molar-refractivity contribution >= 4 is 5.91 Å².